The van der Waals surface area contributed by atoms with Gasteiger partial charge in [-0.25, -0.2) is 22.0 Å². The normalized spacial score (nSPS) is 17.5. The highest BCUT2D eigenvalue weighted by Gasteiger charge is 2.38. The molecule has 16 heteroatoms. The Bertz CT molecular complexity index is 1580. The summed E-state index contributed by atoms with van der Waals surface area (Å²) in [5.74, 6) is -0.0649. The first kappa shape index (κ1) is 28.0. The first-order chi connectivity index (χ1) is 17.8. The number of methoxy groups -OCH3 is 1. The minimum absolute atomic E-state index is 0.0160. The monoisotopic (exact) mass is 592 g/mol. The number of rotatable bonds is 8. The molecule has 0 saturated heterocycles. The van der Waals surface area contributed by atoms with E-state index in [0.717, 1.165) is 16.4 Å². The molecule has 4 rings (SSSR count). The van der Waals surface area contributed by atoms with Crippen molar-refractivity contribution in [2.24, 2.45) is 0 Å². The van der Waals surface area contributed by atoms with Crippen molar-refractivity contribution in [3.8, 4) is 22.9 Å². The molecular formula is C22H20Cl2F2N4O7S. The van der Waals surface area contributed by atoms with Crippen LogP contribution in [-0.4, -0.2) is 58.9 Å². The second-order valence-corrected chi connectivity index (χ2v) is 11.1. The van der Waals surface area contributed by atoms with Crippen molar-refractivity contribution in [2.45, 2.75) is 36.3 Å². The first-order valence-electron chi connectivity index (χ1n) is 10.9. The zero-order valence-corrected chi connectivity index (χ0v) is 22.0. The van der Waals surface area contributed by atoms with Gasteiger partial charge >= 0.3 is 5.69 Å². The summed E-state index contributed by atoms with van der Waals surface area (Å²) < 4.78 is 65.3. The lowest BCUT2D eigenvalue weighted by atomic mass is 9.90. The Morgan fingerprint density at radius 2 is 1.82 bits per heavy atom. The Balaban J connectivity index is 1.70. The Labute approximate surface area is 224 Å². The minimum atomic E-state index is -4.05. The largest absolute Gasteiger partial charge is 0.495 e. The van der Waals surface area contributed by atoms with E-state index < -0.39 is 39.5 Å². The Morgan fingerprint density at radius 3 is 2.37 bits per heavy atom. The number of nitrogens with one attached hydrogen (secondary N) is 1. The van der Waals surface area contributed by atoms with E-state index in [2.05, 4.69) is 5.10 Å². The molecule has 0 unspecified atom stereocenters. The quantitative estimate of drug-likeness (QED) is 0.406. The zero-order valence-electron chi connectivity index (χ0n) is 19.7. The van der Waals surface area contributed by atoms with Crippen molar-refractivity contribution >= 4 is 33.2 Å². The smallest absolute Gasteiger partial charge is 0.349 e. The SMILES string of the molecule is COc1ccc(Oc2c(Cl)cc(-n3nc(C(F)F)c(=O)[nH]c3=O)cc2Cl)cc1S(=O)(=O)N(C)C1CC(O)C1. The maximum Gasteiger partial charge on any atom is 0.349 e. The molecule has 0 radical (unpaired) electrons. The van der Waals surface area contributed by atoms with E-state index in [4.69, 9.17) is 32.7 Å². The molecule has 1 saturated carbocycles. The number of aromatic amines is 1. The number of aliphatic hydroxyl groups is 1. The van der Waals surface area contributed by atoms with E-state index >= 15 is 0 Å². The average molecular weight is 593 g/mol. The Hall–Kier alpha value is -3.04. The van der Waals surface area contributed by atoms with Crippen molar-refractivity contribution < 1.29 is 31.8 Å². The number of hydrogen-bond donors (Lipinski definition) is 2. The van der Waals surface area contributed by atoms with E-state index in [1.807, 2.05) is 0 Å². The van der Waals surface area contributed by atoms with Crippen molar-refractivity contribution in [1.82, 2.24) is 19.1 Å². The summed E-state index contributed by atoms with van der Waals surface area (Å²) in [6.45, 7) is 0. The third-order valence-electron chi connectivity index (χ3n) is 5.90. The molecule has 38 heavy (non-hydrogen) atoms. The van der Waals surface area contributed by atoms with Gasteiger partial charge in [0.25, 0.3) is 12.0 Å². The number of nitrogens with zero attached hydrogens (tertiary/aromatic N) is 3. The van der Waals surface area contributed by atoms with Gasteiger partial charge in [-0.1, -0.05) is 23.2 Å². The van der Waals surface area contributed by atoms with Gasteiger partial charge in [0.2, 0.25) is 10.0 Å². The lowest BCUT2D eigenvalue weighted by Crippen LogP contribution is -2.47. The van der Waals surface area contributed by atoms with E-state index in [9.17, 15) is 31.9 Å². The van der Waals surface area contributed by atoms with Crippen LogP contribution in [0.3, 0.4) is 0 Å². The fourth-order valence-electron chi connectivity index (χ4n) is 3.74. The standard InChI is InChI=1S/C22H20Cl2F2N4O7S/c1-29(10-5-12(31)6-10)38(34,35)17-9-13(3-4-16(17)36-2)37-19-14(23)7-11(8-15(19)24)30-22(33)27-21(32)18(28-30)20(25)26/h3-4,7-10,12,20,31H,5-6H2,1-2H3,(H,27,32,33). The summed E-state index contributed by atoms with van der Waals surface area (Å²) in [4.78, 5) is 25.3. The van der Waals surface area contributed by atoms with Gasteiger partial charge in [-0.3, -0.25) is 9.78 Å². The van der Waals surface area contributed by atoms with E-state index in [1.54, 1.807) is 4.98 Å². The lowest BCUT2D eigenvalue weighted by Gasteiger charge is -2.37. The van der Waals surface area contributed by atoms with Crippen molar-refractivity contribution in [2.75, 3.05) is 14.2 Å². The number of aliphatic hydroxyl groups excluding tert-OH is 1. The predicted octanol–water partition coefficient (Wildman–Crippen LogP) is 3.11. The summed E-state index contributed by atoms with van der Waals surface area (Å²) >= 11 is 12.6. The molecule has 1 aromatic heterocycles. The summed E-state index contributed by atoms with van der Waals surface area (Å²) in [5.41, 5.74) is -3.75. The number of benzene rings is 2. The van der Waals surface area contributed by atoms with Crippen LogP contribution in [0.15, 0.2) is 44.8 Å². The average Bonchev–Trinajstić information content (AvgIpc) is 2.83. The molecular weight excluding hydrogens is 573 g/mol. The first-order valence-corrected chi connectivity index (χ1v) is 13.1. The van der Waals surface area contributed by atoms with Gasteiger partial charge in [0.1, 0.15) is 16.4 Å². The molecule has 204 valence electrons. The van der Waals surface area contributed by atoms with Crippen LogP contribution >= 0.6 is 23.2 Å². The minimum Gasteiger partial charge on any atom is -0.495 e. The predicted molar refractivity (Wildman–Crippen MR) is 132 cm³/mol. The Morgan fingerprint density at radius 1 is 1.18 bits per heavy atom. The van der Waals surface area contributed by atoms with E-state index in [0.29, 0.717) is 17.5 Å². The molecule has 2 N–H and O–H groups in total. The van der Waals surface area contributed by atoms with Crippen molar-refractivity contribution in [1.29, 1.82) is 0 Å². The highest BCUT2D eigenvalue weighted by Crippen LogP contribution is 2.40. The fraction of sp³-hybridized carbons (Fsp3) is 0.318. The summed E-state index contributed by atoms with van der Waals surface area (Å²) in [6, 6.07) is 5.90. The number of aromatic nitrogens is 3. The molecule has 1 aliphatic carbocycles. The van der Waals surface area contributed by atoms with Crippen LogP contribution in [-0.2, 0) is 10.0 Å². The van der Waals surface area contributed by atoms with Crippen LogP contribution in [0.5, 0.6) is 17.2 Å². The van der Waals surface area contributed by atoms with E-state index in [1.165, 1.54) is 32.4 Å². The molecule has 1 heterocycles. The van der Waals surface area contributed by atoms with Crippen molar-refractivity contribution in [3.05, 3.63) is 66.9 Å². The molecule has 1 aliphatic rings. The summed E-state index contributed by atoms with van der Waals surface area (Å²) in [7, 11) is -1.34. The van der Waals surface area contributed by atoms with Gasteiger partial charge < -0.3 is 14.6 Å². The number of hydrogen-bond acceptors (Lipinski definition) is 8. The van der Waals surface area contributed by atoms with Gasteiger partial charge in [0.05, 0.1) is 28.9 Å². The van der Waals surface area contributed by atoms with Crippen LogP contribution in [0.25, 0.3) is 5.69 Å². The van der Waals surface area contributed by atoms with Crippen LogP contribution in [0.1, 0.15) is 25.0 Å². The summed E-state index contributed by atoms with van der Waals surface area (Å²) in [5, 5.41) is 12.6. The van der Waals surface area contributed by atoms with Crippen LogP contribution in [0.4, 0.5) is 8.78 Å². The third kappa shape index (κ3) is 5.27. The zero-order chi connectivity index (χ0) is 27.9. The number of alkyl halides is 2. The van der Waals surface area contributed by atoms with Crippen LogP contribution in [0, 0.1) is 0 Å². The van der Waals surface area contributed by atoms with Gasteiger partial charge in [-0.05, 0) is 37.1 Å². The van der Waals surface area contributed by atoms with Gasteiger partial charge in [0, 0.05) is 19.2 Å². The molecule has 11 nitrogen and oxygen atoms in total. The fourth-order valence-corrected chi connectivity index (χ4v) is 5.84. The lowest BCUT2D eigenvalue weighted by molar-refractivity contribution is 0.0395. The van der Waals surface area contributed by atoms with Gasteiger partial charge in [-0.2, -0.15) is 14.1 Å². The number of H-pyrrole nitrogens is 1. The third-order valence-corrected chi connectivity index (χ3v) is 8.39. The van der Waals surface area contributed by atoms with Crippen LogP contribution in [0.2, 0.25) is 10.0 Å². The highest BCUT2D eigenvalue weighted by atomic mass is 35.5. The maximum absolute atomic E-state index is 13.3. The molecule has 1 fully saturated rings. The molecule has 0 bridgehead atoms. The number of halogens is 4. The topological polar surface area (TPSA) is 144 Å². The van der Waals surface area contributed by atoms with Gasteiger partial charge in [0.15, 0.2) is 11.4 Å². The molecule has 0 amide bonds. The number of ether oxygens (including phenoxy) is 2. The van der Waals surface area contributed by atoms with E-state index in [-0.39, 0.29) is 43.9 Å². The summed E-state index contributed by atoms with van der Waals surface area (Å²) in [6.07, 6.45) is -3.20. The maximum atomic E-state index is 13.3. The van der Waals surface area contributed by atoms with Crippen molar-refractivity contribution in [3.63, 3.8) is 0 Å². The second kappa shape index (κ2) is 10.6. The number of sulfonamides is 1. The molecule has 0 spiro atoms. The second-order valence-electron chi connectivity index (χ2n) is 8.31. The Kier molecular flexibility index (Phi) is 7.81. The molecule has 3 aromatic rings. The van der Waals surface area contributed by atoms with Crippen LogP contribution < -0.4 is 20.7 Å². The molecule has 0 aliphatic heterocycles. The van der Waals surface area contributed by atoms with Gasteiger partial charge in [-0.15, -0.1) is 0 Å². The molecule has 2 aromatic carbocycles. The highest BCUT2D eigenvalue weighted by molar-refractivity contribution is 7.89. The molecule has 0 atom stereocenters.